The number of rotatable bonds is 42. The van der Waals surface area contributed by atoms with Gasteiger partial charge < -0.3 is 62.6 Å². The van der Waals surface area contributed by atoms with Crippen molar-refractivity contribution in [3.63, 3.8) is 0 Å². The van der Waals surface area contributed by atoms with Gasteiger partial charge >= 0.3 is 0 Å². The third-order valence-corrected chi connectivity index (χ3v) is 32.7. The Balaban J connectivity index is 0.000000187. The quantitative estimate of drug-likeness (QED) is 0.0191. The molecule has 6 heterocycles. The van der Waals surface area contributed by atoms with E-state index in [4.69, 9.17) is 0 Å². The fraction of sp³-hybridized carbons (Fsp3) is 0.703. The molecule has 0 bridgehead atoms. The third-order valence-electron chi connectivity index (χ3n) is 32.7. The number of nitrogens with zero attached hydrogens (tertiary/aromatic N) is 9. The fourth-order valence-corrected chi connectivity index (χ4v) is 24.5. The maximum absolute atomic E-state index is 14.6. The lowest BCUT2D eigenvalue weighted by Crippen LogP contribution is -2.58. The van der Waals surface area contributed by atoms with E-state index in [9.17, 15) is 101 Å². The van der Waals surface area contributed by atoms with Crippen molar-refractivity contribution in [2.75, 3.05) is 19.6 Å². The summed E-state index contributed by atoms with van der Waals surface area (Å²) in [6.07, 6.45) is 38.7. The zero-order valence-electron chi connectivity index (χ0n) is 89.2. The van der Waals surface area contributed by atoms with Crippen molar-refractivity contribution >= 4 is 123 Å². The van der Waals surface area contributed by atoms with Gasteiger partial charge in [-0.2, -0.15) is 0 Å². The first kappa shape index (κ1) is 115. The van der Waals surface area contributed by atoms with Crippen LogP contribution < -0.4 is 47.9 Å². The Morgan fingerprint density at radius 2 is 0.527 bits per heavy atom. The van der Waals surface area contributed by atoms with Gasteiger partial charge in [-0.3, -0.25) is 116 Å². The lowest BCUT2D eigenvalue weighted by Gasteiger charge is -2.36. The van der Waals surface area contributed by atoms with Crippen LogP contribution in [0.5, 0.6) is 0 Å². The highest BCUT2D eigenvalue weighted by atomic mass is 16.2. The number of ketones is 9. The topological polar surface area (TPSA) is 554 Å². The number of Topliss-reactive ketones (excluding diaryl/α,β-unsaturated/α-hetero) is 9. The van der Waals surface area contributed by atoms with E-state index in [-0.39, 0.29) is 127 Å². The molecule has 3 unspecified atom stereocenters. The SMILES string of the molecule is CCCC(NC(=O)[C@@H]1[C@H]2CCC[C@H]2CN1C(=O)[C@@H](C(=O)C(=O)[C@@H](NC(=O)c1cnccn1)C1CCCCC1)C(C)(C)C)C(=O)C(=O)NC1CC1.CCC[C@@H](NC(=O)C1[C@H]2CCC[C@H]2CN1C(=O)[C@@H](C(=O)C(=O)[C@@H](NC(=O)c1cnccn1)C1CCCCC1)C(C)(C)C)C(=O)C(=O)NC1CC1.CCC[C@H](NC(=O)C1[C@H]2CCC[C@H]2CN1C(=O)[C@@H](C(=O)C(=O)[C@@H](NC(=O)c1cnccn1)C1CCCCC1)C(C)(C)C)C(=O)C(=O)NC1CC1. The highest BCUT2D eigenvalue weighted by Gasteiger charge is 2.60. The molecule has 39 nitrogen and oxygen atoms in total. The Hall–Kier alpha value is -12.1. The number of likely N-dealkylation sites (tertiary alicyclic amines) is 3. The van der Waals surface area contributed by atoms with Crippen LogP contribution in [0.15, 0.2) is 55.8 Å². The molecule has 9 aliphatic carbocycles. The Morgan fingerprint density at radius 3 is 0.733 bits per heavy atom. The number of hydrogen-bond donors (Lipinski definition) is 9. The molecular formula is C111H156N18O21. The predicted octanol–water partition coefficient (Wildman–Crippen LogP) is 8.15. The molecule has 9 saturated carbocycles. The molecule has 0 radical (unpaired) electrons. The van der Waals surface area contributed by atoms with Gasteiger partial charge in [0, 0.05) is 74.9 Å². The van der Waals surface area contributed by atoms with E-state index in [1.54, 1.807) is 62.3 Å². The summed E-state index contributed by atoms with van der Waals surface area (Å²) in [7, 11) is 0. The van der Waals surface area contributed by atoms with Gasteiger partial charge in [0.25, 0.3) is 35.4 Å². The zero-order chi connectivity index (χ0) is 108. The first-order valence-corrected chi connectivity index (χ1v) is 55.3. The lowest BCUT2D eigenvalue weighted by atomic mass is 9.73. The number of fused-ring (bicyclic) bond motifs is 3. The highest BCUT2D eigenvalue weighted by Crippen LogP contribution is 2.49. The molecule has 3 aromatic rings. The van der Waals surface area contributed by atoms with Crippen LogP contribution in [0.25, 0.3) is 0 Å². The largest absolute Gasteiger partial charge is 0.347 e. The summed E-state index contributed by atoms with van der Waals surface area (Å²) < 4.78 is 0. The van der Waals surface area contributed by atoms with E-state index in [0.717, 1.165) is 135 Å². The molecule has 150 heavy (non-hydrogen) atoms. The van der Waals surface area contributed by atoms with Gasteiger partial charge in [-0.25, -0.2) is 15.0 Å². The standard InChI is InChI=1S/3C37H52N6O7/c3*1-5-10-25(30(44)35(49)40-23-15-16-23)41-34(48)29-24-14-9-13-22(24)20-43(29)36(50)27(37(2,3)4)31(45)32(46)28(21-11-7-6-8-12-21)42-33(47)26-19-38-17-18-39-26/h3*17-19,21-25,27-29H,5-16,20H2,1-4H3,(H,40,49)(H,41,48)(H,42,47)/t22-,24-,25?,27+,28-,29-;22-,24-,25+,27+,28-,29?;22-,24-,25-,27+,28-,29?/m000/s1. The van der Waals surface area contributed by atoms with Crippen LogP contribution in [0.4, 0.5) is 0 Å². The van der Waals surface area contributed by atoms with Crippen molar-refractivity contribution in [1.82, 2.24) is 92.5 Å². The minimum Gasteiger partial charge on any atom is -0.347 e. The fourth-order valence-electron chi connectivity index (χ4n) is 24.5. The van der Waals surface area contributed by atoms with Gasteiger partial charge in [0.1, 0.15) is 53.0 Å². The molecule has 12 aliphatic rings. The van der Waals surface area contributed by atoms with Crippen LogP contribution in [-0.4, -0.2) is 260 Å². The number of nitrogens with one attached hydrogen (secondary N) is 9. The molecule has 18 atom stereocenters. The molecule has 0 aromatic carbocycles. The van der Waals surface area contributed by atoms with E-state index in [1.807, 2.05) is 20.8 Å². The third kappa shape index (κ3) is 28.6. The molecule has 0 spiro atoms. The summed E-state index contributed by atoms with van der Waals surface area (Å²) in [5, 5.41) is 24.8. The molecule has 15 rings (SSSR count). The summed E-state index contributed by atoms with van der Waals surface area (Å²) in [6, 6.07) is -9.46. The van der Waals surface area contributed by atoms with E-state index < -0.39 is 211 Å². The molecular weight excluding hydrogens is 1920 g/mol. The van der Waals surface area contributed by atoms with Crippen molar-refractivity contribution in [3.8, 4) is 0 Å². The van der Waals surface area contributed by atoms with E-state index in [0.29, 0.717) is 77.0 Å². The van der Waals surface area contributed by atoms with Gasteiger partial charge in [0.2, 0.25) is 87.5 Å². The number of hydrogen-bond acceptors (Lipinski definition) is 27. The Bertz CT molecular complexity index is 4920. The number of aromatic nitrogens is 6. The minimum atomic E-state index is -1.42. The van der Waals surface area contributed by atoms with E-state index in [2.05, 4.69) is 77.8 Å². The number of carbonyl (C=O) groups is 21. The summed E-state index contributed by atoms with van der Waals surface area (Å²) in [5.74, 6) is -20.3. The van der Waals surface area contributed by atoms with E-state index in [1.165, 1.54) is 70.5 Å². The minimum absolute atomic E-state index is 0.0133. The second kappa shape index (κ2) is 51.4. The van der Waals surface area contributed by atoms with Gasteiger partial charge in [0.15, 0.2) is 0 Å². The number of amides is 12. The van der Waals surface area contributed by atoms with Gasteiger partial charge in [-0.05, 0) is 204 Å². The van der Waals surface area contributed by atoms with Crippen LogP contribution in [0.3, 0.4) is 0 Å². The number of carbonyl (C=O) groups excluding carboxylic acids is 21. The van der Waals surface area contributed by atoms with Crippen molar-refractivity contribution in [2.45, 2.75) is 387 Å². The summed E-state index contributed by atoms with van der Waals surface area (Å²) in [4.78, 5) is 317. The van der Waals surface area contributed by atoms with Crippen molar-refractivity contribution < 1.29 is 101 Å². The summed E-state index contributed by atoms with van der Waals surface area (Å²) >= 11 is 0. The summed E-state index contributed by atoms with van der Waals surface area (Å²) in [6.45, 7) is 21.8. The van der Waals surface area contributed by atoms with Crippen molar-refractivity contribution in [2.24, 2.45) is 87.3 Å². The molecule has 12 fully saturated rings. The van der Waals surface area contributed by atoms with Crippen LogP contribution in [0.1, 0.15) is 346 Å². The molecule has 3 saturated heterocycles. The van der Waals surface area contributed by atoms with Crippen LogP contribution in [0.2, 0.25) is 0 Å². The van der Waals surface area contributed by atoms with Crippen LogP contribution in [-0.2, 0) is 86.3 Å². The van der Waals surface area contributed by atoms with Crippen molar-refractivity contribution in [3.05, 3.63) is 72.9 Å². The summed E-state index contributed by atoms with van der Waals surface area (Å²) in [5.41, 5.74) is -2.97. The molecule has 12 amide bonds. The Morgan fingerprint density at radius 1 is 0.287 bits per heavy atom. The second-order valence-corrected chi connectivity index (χ2v) is 47.2. The molecule has 816 valence electrons. The monoisotopic (exact) mass is 2080 g/mol. The first-order chi connectivity index (χ1) is 71.4. The second-order valence-electron chi connectivity index (χ2n) is 47.2. The van der Waals surface area contributed by atoms with Crippen molar-refractivity contribution in [1.29, 1.82) is 0 Å². The van der Waals surface area contributed by atoms with E-state index >= 15 is 0 Å². The Kier molecular flexibility index (Phi) is 39.4. The molecule has 3 aliphatic heterocycles. The molecule has 3 aromatic heterocycles. The predicted molar refractivity (Wildman–Crippen MR) is 546 cm³/mol. The average molecular weight is 2080 g/mol. The van der Waals surface area contributed by atoms with Crippen LogP contribution in [0, 0.1) is 87.3 Å². The smallest absolute Gasteiger partial charge is 0.289 e. The van der Waals surface area contributed by atoms with Gasteiger partial charge in [-0.15, -0.1) is 0 Å². The highest BCUT2D eigenvalue weighted by molar-refractivity contribution is 6.45. The van der Waals surface area contributed by atoms with Crippen LogP contribution >= 0.6 is 0 Å². The average Bonchev–Trinajstić information content (AvgIpc) is 1.58. The Labute approximate surface area is 878 Å². The van der Waals surface area contributed by atoms with Gasteiger partial charge in [0.05, 0.1) is 54.8 Å². The first-order valence-electron chi connectivity index (χ1n) is 55.3. The zero-order valence-corrected chi connectivity index (χ0v) is 89.2. The normalized spacial score (nSPS) is 24.0. The molecule has 39 heteroatoms. The maximum Gasteiger partial charge on any atom is 0.289 e. The lowest BCUT2D eigenvalue weighted by molar-refractivity contribution is -0.154. The molecule has 9 N–H and O–H groups in total. The maximum atomic E-state index is 14.6. The van der Waals surface area contributed by atoms with Gasteiger partial charge in [-0.1, -0.05) is 179 Å².